The first kappa shape index (κ1) is 14.5. The molecule has 0 heterocycles. The maximum absolute atomic E-state index is 12.1. The van der Waals surface area contributed by atoms with Crippen molar-refractivity contribution in [2.24, 2.45) is 5.73 Å². The molecule has 1 aliphatic carbocycles. The average Bonchev–Trinajstić information content (AvgIpc) is 2.38. The lowest BCUT2D eigenvalue weighted by molar-refractivity contribution is -0.0659. The summed E-state index contributed by atoms with van der Waals surface area (Å²) in [7, 11) is -1.85. The molecule has 0 unspecified atom stereocenters. The molecule has 0 spiro atoms. The van der Waals surface area contributed by atoms with E-state index in [0.29, 0.717) is 13.1 Å². The van der Waals surface area contributed by atoms with E-state index in [-0.39, 0.29) is 10.5 Å². The van der Waals surface area contributed by atoms with Crippen LogP contribution in [-0.4, -0.2) is 27.7 Å². The van der Waals surface area contributed by atoms with Crippen LogP contribution in [0.4, 0.5) is 0 Å². The molecule has 0 amide bonds. The standard InChI is InChI=1S/C13H20N2O3S/c1-18-13(7-2-8-13)10-15-19(16,17)12-5-3-11(9-14)4-6-12/h3-6,15H,2,7-10,14H2,1H3. The molecule has 2 rings (SSSR count). The minimum Gasteiger partial charge on any atom is -0.377 e. The van der Waals surface area contributed by atoms with Crippen molar-refractivity contribution in [3.8, 4) is 0 Å². The molecule has 0 saturated heterocycles. The smallest absolute Gasteiger partial charge is 0.240 e. The van der Waals surface area contributed by atoms with Gasteiger partial charge in [0.1, 0.15) is 0 Å². The summed E-state index contributed by atoms with van der Waals surface area (Å²) in [4.78, 5) is 0.260. The van der Waals surface area contributed by atoms with E-state index in [0.717, 1.165) is 24.8 Å². The van der Waals surface area contributed by atoms with E-state index in [9.17, 15) is 8.42 Å². The van der Waals surface area contributed by atoms with Crippen molar-refractivity contribution in [3.05, 3.63) is 29.8 Å². The summed E-state index contributed by atoms with van der Waals surface area (Å²) in [5, 5.41) is 0. The SMILES string of the molecule is COC1(CNS(=O)(=O)c2ccc(CN)cc2)CCC1. The van der Waals surface area contributed by atoms with E-state index >= 15 is 0 Å². The van der Waals surface area contributed by atoms with Crippen LogP contribution >= 0.6 is 0 Å². The van der Waals surface area contributed by atoms with Gasteiger partial charge in [0.15, 0.2) is 0 Å². The number of ether oxygens (including phenoxy) is 1. The molecule has 0 aromatic heterocycles. The van der Waals surface area contributed by atoms with Gasteiger partial charge in [-0.05, 0) is 37.0 Å². The van der Waals surface area contributed by atoms with Crippen LogP contribution in [0.5, 0.6) is 0 Å². The maximum atomic E-state index is 12.1. The molecule has 0 radical (unpaired) electrons. The zero-order valence-corrected chi connectivity index (χ0v) is 11.9. The fourth-order valence-electron chi connectivity index (χ4n) is 2.14. The van der Waals surface area contributed by atoms with Gasteiger partial charge in [0, 0.05) is 20.2 Å². The first-order valence-electron chi connectivity index (χ1n) is 6.35. The number of rotatable bonds is 6. The quantitative estimate of drug-likeness (QED) is 0.816. The fraction of sp³-hybridized carbons (Fsp3) is 0.538. The Bertz CT molecular complexity index is 516. The third-order valence-corrected chi connectivity index (χ3v) is 5.17. The Kier molecular flexibility index (Phi) is 4.25. The molecule has 0 aliphatic heterocycles. The van der Waals surface area contributed by atoms with Crippen LogP contribution in [0.1, 0.15) is 24.8 Å². The topological polar surface area (TPSA) is 81.4 Å². The molecule has 1 aliphatic rings. The molecular weight excluding hydrogens is 264 g/mol. The summed E-state index contributed by atoms with van der Waals surface area (Å²) in [5.41, 5.74) is 6.08. The van der Waals surface area contributed by atoms with Gasteiger partial charge in [-0.2, -0.15) is 0 Å². The normalized spacial score (nSPS) is 18.0. The highest BCUT2D eigenvalue weighted by atomic mass is 32.2. The molecule has 3 N–H and O–H groups in total. The lowest BCUT2D eigenvalue weighted by Crippen LogP contribution is -2.49. The molecule has 19 heavy (non-hydrogen) atoms. The first-order chi connectivity index (χ1) is 9.01. The van der Waals surface area contributed by atoms with Crippen molar-refractivity contribution >= 4 is 10.0 Å². The number of hydrogen-bond donors (Lipinski definition) is 2. The van der Waals surface area contributed by atoms with Crippen LogP contribution in [0.3, 0.4) is 0 Å². The Hall–Kier alpha value is -0.950. The fourth-order valence-corrected chi connectivity index (χ4v) is 3.25. The second kappa shape index (κ2) is 5.58. The van der Waals surface area contributed by atoms with Gasteiger partial charge < -0.3 is 10.5 Å². The minimum absolute atomic E-state index is 0.260. The Morgan fingerprint density at radius 3 is 2.37 bits per heavy atom. The summed E-state index contributed by atoms with van der Waals surface area (Å²) in [6.45, 7) is 0.727. The largest absolute Gasteiger partial charge is 0.377 e. The predicted molar refractivity (Wildman–Crippen MR) is 73.1 cm³/mol. The number of hydrogen-bond acceptors (Lipinski definition) is 4. The predicted octanol–water partition coefficient (Wildman–Crippen LogP) is 0.993. The van der Waals surface area contributed by atoms with E-state index in [1.807, 2.05) is 0 Å². The van der Waals surface area contributed by atoms with E-state index in [2.05, 4.69) is 4.72 Å². The zero-order chi connectivity index (χ0) is 13.9. The minimum atomic E-state index is -3.48. The van der Waals surface area contributed by atoms with Crippen LogP contribution < -0.4 is 10.5 Å². The molecule has 1 aromatic rings. The summed E-state index contributed by atoms with van der Waals surface area (Å²) in [6, 6.07) is 6.60. The molecule has 1 saturated carbocycles. The summed E-state index contributed by atoms with van der Waals surface area (Å²) in [5.74, 6) is 0. The summed E-state index contributed by atoms with van der Waals surface area (Å²) >= 11 is 0. The molecule has 1 aromatic carbocycles. The highest BCUT2D eigenvalue weighted by Crippen LogP contribution is 2.34. The first-order valence-corrected chi connectivity index (χ1v) is 7.83. The second-order valence-electron chi connectivity index (χ2n) is 4.91. The van der Waals surface area contributed by atoms with E-state index < -0.39 is 10.0 Å². The number of sulfonamides is 1. The van der Waals surface area contributed by atoms with Crippen LogP contribution in [0.2, 0.25) is 0 Å². The Balaban J connectivity index is 2.05. The zero-order valence-electron chi connectivity index (χ0n) is 11.1. The van der Waals surface area contributed by atoms with Crippen LogP contribution in [-0.2, 0) is 21.3 Å². The van der Waals surface area contributed by atoms with Crippen molar-refractivity contribution in [2.45, 2.75) is 36.3 Å². The highest BCUT2D eigenvalue weighted by molar-refractivity contribution is 7.89. The molecule has 106 valence electrons. The van der Waals surface area contributed by atoms with E-state index in [1.165, 1.54) is 0 Å². The molecule has 5 nitrogen and oxygen atoms in total. The average molecular weight is 284 g/mol. The van der Waals surface area contributed by atoms with E-state index in [1.54, 1.807) is 31.4 Å². The van der Waals surface area contributed by atoms with Crippen molar-refractivity contribution in [2.75, 3.05) is 13.7 Å². The lowest BCUT2D eigenvalue weighted by atomic mass is 9.80. The van der Waals surface area contributed by atoms with Gasteiger partial charge in [0.2, 0.25) is 10.0 Å². The number of benzene rings is 1. The van der Waals surface area contributed by atoms with Crippen molar-refractivity contribution < 1.29 is 13.2 Å². The Morgan fingerprint density at radius 2 is 1.95 bits per heavy atom. The van der Waals surface area contributed by atoms with Crippen molar-refractivity contribution in [1.82, 2.24) is 4.72 Å². The van der Waals surface area contributed by atoms with Gasteiger partial charge in [-0.3, -0.25) is 0 Å². The molecule has 0 bridgehead atoms. The third-order valence-electron chi connectivity index (χ3n) is 3.75. The molecule has 1 fully saturated rings. The van der Waals surface area contributed by atoms with E-state index in [4.69, 9.17) is 10.5 Å². The third kappa shape index (κ3) is 3.14. The van der Waals surface area contributed by atoms with Gasteiger partial charge in [-0.25, -0.2) is 13.1 Å². The number of nitrogens with one attached hydrogen (secondary N) is 1. The maximum Gasteiger partial charge on any atom is 0.240 e. The summed E-state index contributed by atoms with van der Waals surface area (Å²) < 4.78 is 32.3. The lowest BCUT2D eigenvalue weighted by Gasteiger charge is -2.40. The molecular formula is C13H20N2O3S. The van der Waals surface area contributed by atoms with Crippen molar-refractivity contribution in [3.63, 3.8) is 0 Å². The van der Waals surface area contributed by atoms with Gasteiger partial charge in [0.25, 0.3) is 0 Å². The van der Waals surface area contributed by atoms with Crippen LogP contribution in [0, 0.1) is 0 Å². The van der Waals surface area contributed by atoms with Gasteiger partial charge in [0.05, 0.1) is 10.5 Å². The van der Waals surface area contributed by atoms with Gasteiger partial charge in [-0.1, -0.05) is 12.1 Å². The summed E-state index contributed by atoms with van der Waals surface area (Å²) in [6.07, 6.45) is 2.89. The number of nitrogens with two attached hydrogens (primary N) is 1. The van der Waals surface area contributed by atoms with Crippen molar-refractivity contribution in [1.29, 1.82) is 0 Å². The molecule has 6 heteroatoms. The Morgan fingerprint density at radius 1 is 1.32 bits per heavy atom. The molecule has 0 atom stereocenters. The monoisotopic (exact) mass is 284 g/mol. The van der Waals surface area contributed by atoms with Crippen LogP contribution in [0.25, 0.3) is 0 Å². The van der Waals surface area contributed by atoms with Gasteiger partial charge >= 0.3 is 0 Å². The Labute approximate surface area is 114 Å². The number of methoxy groups -OCH3 is 1. The highest BCUT2D eigenvalue weighted by Gasteiger charge is 2.37. The van der Waals surface area contributed by atoms with Gasteiger partial charge in [-0.15, -0.1) is 0 Å². The van der Waals surface area contributed by atoms with Crippen LogP contribution in [0.15, 0.2) is 29.2 Å². The second-order valence-corrected chi connectivity index (χ2v) is 6.68.